The van der Waals surface area contributed by atoms with Gasteiger partial charge in [0.15, 0.2) is 5.82 Å². The van der Waals surface area contributed by atoms with Gasteiger partial charge in [-0.15, -0.1) is 0 Å². The van der Waals surface area contributed by atoms with Crippen molar-refractivity contribution < 1.29 is 27.8 Å². The van der Waals surface area contributed by atoms with E-state index in [-0.39, 0.29) is 29.6 Å². The molecular formula is C30H38F2N6O4. The molecule has 3 aliphatic rings. The molecule has 226 valence electrons. The van der Waals surface area contributed by atoms with Crippen molar-refractivity contribution in [1.29, 1.82) is 0 Å². The van der Waals surface area contributed by atoms with E-state index in [1.165, 1.54) is 4.57 Å². The molecule has 1 aliphatic carbocycles. The summed E-state index contributed by atoms with van der Waals surface area (Å²) in [5.74, 6) is 1.31. The smallest absolute Gasteiger partial charge is 0.296 e. The van der Waals surface area contributed by atoms with Crippen LogP contribution in [0.5, 0.6) is 5.88 Å². The molecule has 0 radical (unpaired) electrons. The molecule has 3 fully saturated rings. The van der Waals surface area contributed by atoms with Crippen molar-refractivity contribution in [1.82, 2.24) is 24.4 Å². The van der Waals surface area contributed by atoms with Crippen molar-refractivity contribution in [3.05, 3.63) is 36.2 Å². The Morgan fingerprint density at radius 1 is 1.00 bits per heavy atom. The summed E-state index contributed by atoms with van der Waals surface area (Å²) in [6, 6.07) is 8.63. The van der Waals surface area contributed by atoms with E-state index in [0.29, 0.717) is 67.9 Å². The van der Waals surface area contributed by atoms with Crippen LogP contribution in [-0.4, -0.2) is 89.5 Å². The number of morpholine rings is 1. The lowest BCUT2D eigenvalue weighted by Gasteiger charge is -2.33. The molecule has 42 heavy (non-hydrogen) atoms. The van der Waals surface area contributed by atoms with E-state index in [0.717, 1.165) is 45.4 Å². The van der Waals surface area contributed by atoms with E-state index < -0.39 is 6.43 Å². The second-order valence-electron chi connectivity index (χ2n) is 11.4. The van der Waals surface area contributed by atoms with Gasteiger partial charge in [-0.3, -0.25) is 9.36 Å². The van der Waals surface area contributed by atoms with Crippen molar-refractivity contribution in [3.8, 4) is 11.7 Å². The van der Waals surface area contributed by atoms with E-state index in [9.17, 15) is 13.6 Å². The molecule has 0 N–H and O–H groups in total. The number of benzene rings is 1. The molecule has 4 heterocycles. The molecule has 0 spiro atoms. The first kappa shape index (κ1) is 28.7. The predicted octanol–water partition coefficient (Wildman–Crippen LogP) is 4.41. The number of para-hydroxylation sites is 2. The summed E-state index contributed by atoms with van der Waals surface area (Å²) in [6.45, 7) is 4.55. The third-order valence-corrected chi connectivity index (χ3v) is 8.54. The van der Waals surface area contributed by atoms with Crippen LogP contribution >= 0.6 is 0 Å². The number of ether oxygens (including phenoxy) is 3. The zero-order valence-corrected chi connectivity index (χ0v) is 24.0. The molecule has 0 bridgehead atoms. The van der Waals surface area contributed by atoms with Gasteiger partial charge in [0.05, 0.1) is 24.2 Å². The lowest BCUT2D eigenvalue weighted by Crippen LogP contribution is -2.40. The average molecular weight is 585 g/mol. The van der Waals surface area contributed by atoms with Gasteiger partial charge in [-0.2, -0.15) is 9.97 Å². The molecule has 3 aromatic rings. The summed E-state index contributed by atoms with van der Waals surface area (Å²) in [5.41, 5.74) is 1.00. The number of rotatable bonds is 8. The molecule has 6 rings (SSSR count). The number of aromatic nitrogens is 4. The van der Waals surface area contributed by atoms with Gasteiger partial charge in [0.1, 0.15) is 11.9 Å². The minimum atomic E-state index is -2.79. The number of alkyl halides is 2. The Morgan fingerprint density at radius 2 is 1.71 bits per heavy atom. The number of carbonyl (C=O) groups excluding carboxylic acids is 1. The largest absolute Gasteiger partial charge is 0.474 e. The number of carbonyl (C=O) groups is 1. The van der Waals surface area contributed by atoms with Crippen LogP contribution in [0.3, 0.4) is 0 Å². The lowest BCUT2D eigenvalue weighted by atomic mass is 9.86. The quantitative estimate of drug-likeness (QED) is 0.384. The van der Waals surface area contributed by atoms with E-state index >= 15 is 0 Å². The summed E-state index contributed by atoms with van der Waals surface area (Å²) in [5, 5.41) is 0. The fraction of sp³-hybridized carbons (Fsp3) is 0.600. The molecule has 0 atom stereocenters. The van der Waals surface area contributed by atoms with Gasteiger partial charge in [-0.05, 0) is 56.6 Å². The van der Waals surface area contributed by atoms with Crippen LogP contribution in [0.15, 0.2) is 30.3 Å². The van der Waals surface area contributed by atoms with Crippen molar-refractivity contribution in [2.24, 2.45) is 11.8 Å². The third kappa shape index (κ3) is 6.34. The monoisotopic (exact) mass is 584 g/mol. The topological polar surface area (TPSA) is 94.8 Å². The first-order chi connectivity index (χ1) is 20.5. The van der Waals surface area contributed by atoms with Crippen LogP contribution in [0.1, 0.15) is 50.8 Å². The zero-order valence-electron chi connectivity index (χ0n) is 24.0. The van der Waals surface area contributed by atoms with E-state index in [1.807, 2.05) is 16.8 Å². The number of imidazole rings is 1. The molecule has 0 unspecified atom stereocenters. The number of amides is 1. The highest BCUT2D eigenvalue weighted by Crippen LogP contribution is 2.32. The maximum Gasteiger partial charge on any atom is 0.296 e. The second-order valence-corrected chi connectivity index (χ2v) is 11.4. The van der Waals surface area contributed by atoms with Crippen LogP contribution < -0.4 is 9.64 Å². The highest BCUT2D eigenvalue weighted by Gasteiger charge is 2.31. The molecule has 2 aliphatic heterocycles. The van der Waals surface area contributed by atoms with Crippen LogP contribution in [0.2, 0.25) is 0 Å². The number of anilines is 1. The Labute approximate surface area is 244 Å². The minimum Gasteiger partial charge on any atom is -0.474 e. The SMILES string of the molecule is CN(CC1CCOCC1)C(=O)[C@H]1CC[C@H](Oc2cc(-n3c(C(F)F)nc4ccccc43)nc(N3CCOCC3)n2)CC1. The highest BCUT2D eigenvalue weighted by molar-refractivity contribution is 5.79. The maximum atomic E-state index is 14.1. The average Bonchev–Trinajstić information content (AvgIpc) is 3.42. The Morgan fingerprint density at radius 3 is 2.45 bits per heavy atom. The zero-order chi connectivity index (χ0) is 29.1. The highest BCUT2D eigenvalue weighted by atomic mass is 19.3. The number of hydrogen-bond donors (Lipinski definition) is 0. The first-order valence-electron chi connectivity index (χ1n) is 14.9. The van der Waals surface area contributed by atoms with Gasteiger partial charge in [-0.25, -0.2) is 13.8 Å². The Bertz CT molecular complexity index is 1370. The molecule has 2 aromatic heterocycles. The molecule has 1 saturated carbocycles. The fourth-order valence-corrected chi connectivity index (χ4v) is 6.23. The van der Waals surface area contributed by atoms with Crippen molar-refractivity contribution in [2.45, 2.75) is 51.1 Å². The first-order valence-corrected chi connectivity index (χ1v) is 14.9. The van der Waals surface area contributed by atoms with Gasteiger partial charge in [0, 0.05) is 51.9 Å². The Hall–Kier alpha value is -3.38. The van der Waals surface area contributed by atoms with Crippen molar-refractivity contribution in [2.75, 3.05) is 58.0 Å². The standard InChI is InChI=1S/C30H38F2N6O4/c1-36(19-20-10-14-40-15-11-20)29(39)21-6-8-22(9-7-21)42-26-18-25(34-30(35-26)37-12-16-41-17-13-37)38-24-5-3-2-4-23(24)33-28(38)27(31)32/h2-5,18,20-22,27H,6-17,19H2,1H3/t21-,22-. The number of nitrogens with zero attached hydrogens (tertiary/aromatic N) is 6. The maximum absolute atomic E-state index is 14.1. The molecular weight excluding hydrogens is 546 g/mol. The van der Waals surface area contributed by atoms with Gasteiger partial charge in [0.25, 0.3) is 6.43 Å². The van der Waals surface area contributed by atoms with Crippen LogP contribution in [0.4, 0.5) is 14.7 Å². The number of hydrogen-bond acceptors (Lipinski definition) is 8. The number of fused-ring (bicyclic) bond motifs is 1. The summed E-state index contributed by atoms with van der Waals surface area (Å²) in [6.07, 6.45) is 1.96. The van der Waals surface area contributed by atoms with Gasteiger partial charge in [-0.1, -0.05) is 12.1 Å². The van der Waals surface area contributed by atoms with E-state index in [1.54, 1.807) is 30.3 Å². The fourth-order valence-electron chi connectivity index (χ4n) is 6.23. The molecule has 1 amide bonds. The van der Waals surface area contributed by atoms with Gasteiger partial charge in [0.2, 0.25) is 17.7 Å². The second kappa shape index (κ2) is 12.9. The summed E-state index contributed by atoms with van der Waals surface area (Å²) >= 11 is 0. The van der Waals surface area contributed by atoms with E-state index in [2.05, 4.69) is 4.98 Å². The summed E-state index contributed by atoms with van der Waals surface area (Å²) < 4.78 is 47.0. The van der Waals surface area contributed by atoms with Gasteiger partial charge < -0.3 is 24.0 Å². The number of halogens is 2. The lowest BCUT2D eigenvalue weighted by molar-refractivity contribution is -0.136. The minimum absolute atomic E-state index is 0.0227. The molecule has 12 heteroatoms. The Balaban J connectivity index is 1.20. The summed E-state index contributed by atoms with van der Waals surface area (Å²) in [4.78, 5) is 30.6. The van der Waals surface area contributed by atoms with Crippen molar-refractivity contribution >= 4 is 22.9 Å². The summed E-state index contributed by atoms with van der Waals surface area (Å²) in [7, 11) is 1.91. The van der Waals surface area contributed by atoms with Gasteiger partial charge >= 0.3 is 0 Å². The molecule has 1 aromatic carbocycles. The van der Waals surface area contributed by atoms with Crippen LogP contribution in [-0.2, 0) is 14.3 Å². The van der Waals surface area contributed by atoms with Crippen LogP contribution in [0.25, 0.3) is 16.9 Å². The van der Waals surface area contributed by atoms with E-state index in [4.69, 9.17) is 24.2 Å². The predicted molar refractivity (Wildman–Crippen MR) is 152 cm³/mol. The molecule has 10 nitrogen and oxygen atoms in total. The Kier molecular flexibility index (Phi) is 8.80. The third-order valence-electron chi connectivity index (χ3n) is 8.54. The van der Waals surface area contributed by atoms with Crippen LogP contribution in [0, 0.1) is 11.8 Å². The molecule has 2 saturated heterocycles. The van der Waals surface area contributed by atoms with Crippen molar-refractivity contribution in [3.63, 3.8) is 0 Å². The normalized spacial score (nSPS) is 22.0.